The molecule has 0 radical (unpaired) electrons. The fourth-order valence-electron chi connectivity index (χ4n) is 5.19. The fourth-order valence-corrected chi connectivity index (χ4v) is 5.19. The molecular formula is C20H37N3O2. The predicted octanol–water partition coefficient (Wildman–Crippen LogP) is 2.60. The Bertz CT molecular complexity index is 437. The van der Waals surface area contributed by atoms with E-state index in [0.717, 1.165) is 32.1 Å². The highest BCUT2D eigenvalue weighted by atomic mass is 16.5. The number of nitrogens with one attached hydrogen (secondary N) is 1. The zero-order valence-electron chi connectivity index (χ0n) is 16.4. The molecule has 2 saturated heterocycles. The minimum Gasteiger partial charge on any atom is -0.468 e. The molecule has 3 atom stereocenters. The zero-order valence-corrected chi connectivity index (χ0v) is 16.4. The summed E-state index contributed by atoms with van der Waals surface area (Å²) in [5, 5.41) is 3.62. The Morgan fingerprint density at radius 1 is 1.24 bits per heavy atom. The van der Waals surface area contributed by atoms with Crippen molar-refractivity contribution in [3.8, 4) is 0 Å². The Hall–Kier alpha value is -0.650. The second-order valence-corrected chi connectivity index (χ2v) is 8.56. The number of ether oxygens (including phenoxy) is 1. The Morgan fingerprint density at radius 2 is 2.00 bits per heavy atom. The molecule has 1 aliphatic carbocycles. The van der Waals surface area contributed by atoms with Crippen molar-refractivity contribution in [3.05, 3.63) is 0 Å². The maximum absolute atomic E-state index is 12.3. The van der Waals surface area contributed by atoms with Gasteiger partial charge < -0.3 is 4.74 Å². The molecule has 0 aromatic rings. The first-order valence-corrected chi connectivity index (χ1v) is 10.4. The summed E-state index contributed by atoms with van der Waals surface area (Å²) in [5.41, 5.74) is 0. The van der Waals surface area contributed by atoms with Crippen molar-refractivity contribution in [3.63, 3.8) is 0 Å². The summed E-state index contributed by atoms with van der Waals surface area (Å²) in [6.45, 7) is 7.50. The van der Waals surface area contributed by atoms with E-state index in [0.29, 0.717) is 18.1 Å². The number of methoxy groups -OCH3 is 1. The quantitative estimate of drug-likeness (QED) is 0.745. The normalized spacial score (nSPS) is 32.1. The Kier molecular flexibility index (Phi) is 6.75. The average Bonchev–Trinajstić information content (AvgIpc) is 3.04. The molecule has 2 heterocycles. The molecule has 0 bridgehead atoms. The first-order chi connectivity index (χ1) is 12.1. The molecule has 0 aromatic carbocycles. The van der Waals surface area contributed by atoms with E-state index >= 15 is 0 Å². The van der Waals surface area contributed by atoms with E-state index < -0.39 is 0 Å². The van der Waals surface area contributed by atoms with Gasteiger partial charge in [-0.15, -0.1) is 0 Å². The summed E-state index contributed by atoms with van der Waals surface area (Å²) < 4.78 is 5.12. The Morgan fingerprint density at radius 3 is 2.68 bits per heavy atom. The summed E-state index contributed by atoms with van der Waals surface area (Å²) in [5.74, 6) is 0.865. The number of esters is 1. The van der Waals surface area contributed by atoms with Gasteiger partial charge in [-0.3, -0.25) is 19.9 Å². The molecule has 0 amide bonds. The molecule has 0 aromatic heterocycles. The molecule has 25 heavy (non-hydrogen) atoms. The van der Waals surface area contributed by atoms with Crippen LogP contribution in [-0.4, -0.2) is 66.8 Å². The van der Waals surface area contributed by atoms with E-state index in [1.54, 1.807) is 0 Å². The smallest absolute Gasteiger partial charge is 0.323 e. The number of hydrogen-bond donors (Lipinski definition) is 1. The third kappa shape index (κ3) is 4.55. The molecule has 3 fully saturated rings. The van der Waals surface area contributed by atoms with Crippen molar-refractivity contribution in [2.75, 3.05) is 26.9 Å². The highest BCUT2D eigenvalue weighted by Gasteiger charge is 2.45. The number of likely N-dealkylation sites (tertiary alicyclic amines) is 1. The van der Waals surface area contributed by atoms with Crippen LogP contribution in [0.3, 0.4) is 0 Å². The van der Waals surface area contributed by atoms with Gasteiger partial charge in [0, 0.05) is 31.3 Å². The zero-order chi connectivity index (χ0) is 17.8. The minimum atomic E-state index is -0.0720. The molecule has 5 nitrogen and oxygen atoms in total. The number of carbonyl (C=O) groups is 1. The topological polar surface area (TPSA) is 44.8 Å². The summed E-state index contributed by atoms with van der Waals surface area (Å²) in [7, 11) is 1.52. The molecule has 3 aliphatic rings. The SMILES string of the molecule is COC(=O)[C@@H]1CC2NCN(C(C)C)C2CN1CCCC1CCCCC1. The van der Waals surface area contributed by atoms with E-state index in [4.69, 9.17) is 4.74 Å². The second-order valence-electron chi connectivity index (χ2n) is 8.56. The van der Waals surface area contributed by atoms with Gasteiger partial charge in [-0.25, -0.2) is 0 Å². The molecule has 2 aliphatic heterocycles. The number of rotatable bonds is 6. The largest absolute Gasteiger partial charge is 0.468 e. The van der Waals surface area contributed by atoms with Crippen LogP contribution < -0.4 is 5.32 Å². The van der Waals surface area contributed by atoms with Gasteiger partial charge in [0.1, 0.15) is 6.04 Å². The van der Waals surface area contributed by atoms with E-state index in [1.165, 1.54) is 52.1 Å². The van der Waals surface area contributed by atoms with E-state index in [-0.39, 0.29) is 12.0 Å². The maximum Gasteiger partial charge on any atom is 0.323 e. The van der Waals surface area contributed by atoms with Crippen molar-refractivity contribution in [1.82, 2.24) is 15.1 Å². The van der Waals surface area contributed by atoms with Gasteiger partial charge in [-0.05, 0) is 45.6 Å². The van der Waals surface area contributed by atoms with Crippen LogP contribution in [-0.2, 0) is 9.53 Å². The van der Waals surface area contributed by atoms with Crippen molar-refractivity contribution in [2.45, 2.75) is 89.4 Å². The summed E-state index contributed by atoms with van der Waals surface area (Å²) >= 11 is 0. The first-order valence-electron chi connectivity index (χ1n) is 10.4. The van der Waals surface area contributed by atoms with Gasteiger partial charge in [0.15, 0.2) is 0 Å². The number of hydrogen-bond acceptors (Lipinski definition) is 5. The van der Waals surface area contributed by atoms with Crippen LogP contribution in [0.2, 0.25) is 0 Å². The van der Waals surface area contributed by atoms with Crippen molar-refractivity contribution in [1.29, 1.82) is 0 Å². The lowest BCUT2D eigenvalue weighted by atomic mass is 9.86. The fraction of sp³-hybridized carbons (Fsp3) is 0.950. The monoisotopic (exact) mass is 351 g/mol. The van der Waals surface area contributed by atoms with E-state index in [9.17, 15) is 4.79 Å². The molecule has 2 unspecified atom stereocenters. The lowest BCUT2D eigenvalue weighted by Crippen LogP contribution is -2.59. The molecular weight excluding hydrogens is 314 g/mol. The Labute approximate surface area is 153 Å². The lowest BCUT2D eigenvalue weighted by Gasteiger charge is -2.43. The van der Waals surface area contributed by atoms with Crippen LogP contribution in [0.4, 0.5) is 0 Å². The van der Waals surface area contributed by atoms with Crippen LogP contribution in [0, 0.1) is 5.92 Å². The highest BCUT2D eigenvalue weighted by molar-refractivity contribution is 5.76. The number of nitrogens with zero attached hydrogens (tertiary/aromatic N) is 2. The van der Waals surface area contributed by atoms with Gasteiger partial charge >= 0.3 is 5.97 Å². The van der Waals surface area contributed by atoms with Gasteiger partial charge in [0.2, 0.25) is 0 Å². The molecule has 3 rings (SSSR count). The number of fused-ring (bicyclic) bond motifs is 1. The van der Waals surface area contributed by atoms with Gasteiger partial charge in [0.25, 0.3) is 0 Å². The minimum absolute atomic E-state index is 0.0547. The third-order valence-electron chi connectivity index (χ3n) is 6.69. The van der Waals surface area contributed by atoms with Crippen LogP contribution >= 0.6 is 0 Å². The average molecular weight is 352 g/mol. The Balaban J connectivity index is 1.58. The van der Waals surface area contributed by atoms with Crippen LogP contribution in [0.5, 0.6) is 0 Å². The standard InChI is InChI=1S/C20H37N3O2/c1-15(2)23-14-21-17-12-18(20(24)25-3)22(13-19(17)23)11-7-10-16-8-5-4-6-9-16/h15-19,21H,4-14H2,1-3H3/t17?,18-,19?/m0/s1. The van der Waals surface area contributed by atoms with Crippen LogP contribution in [0.15, 0.2) is 0 Å². The van der Waals surface area contributed by atoms with Crippen LogP contribution in [0.25, 0.3) is 0 Å². The third-order valence-corrected chi connectivity index (χ3v) is 6.69. The lowest BCUT2D eigenvalue weighted by molar-refractivity contribution is -0.149. The molecule has 5 heteroatoms. The highest BCUT2D eigenvalue weighted by Crippen LogP contribution is 2.30. The van der Waals surface area contributed by atoms with Crippen LogP contribution in [0.1, 0.15) is 65.2 Å². The van der Waals surface area contributed by atoms with E-state index in [2.05, 4.69) is 29.0 Å². The first kappa shape index (κ1) is 19.1. The number of carbonyl (C=O) groups excluding carboxylic acids is 1. The number of piperidine rings is 1. The molecule has 1 N–H and O–H groups in total. The summed E-state index contributed by atoms with van der Waals surface area (Å²) in [4.78, 5) is 17.3. The van der Waals surface area contributed by atoms with Gasteiger partial charge in [0.05, 0.1) is 7.11 Å². The van der Waals surface area contributed by atoms with Crippen molar-refractivity contribution in [2.24, 2.45) is 5.92 Å². The molecule has 1 saturated carbocycles. The van der Waals surface area contributed by atoms with E-state index in [1.807, 2.05) is 0 Å². The van der Waals surface area contributed by atoms with Gasteiger partial charge in [-0.2, -0.15) is 0 Å². The summed E-state index contributed by atoms with van der Waals surface area (Å²) in [6, 6.07) is 1.41. The predicted molar refractivity (Wildman–Crippen MR) is 100 cm³/mol. The summed E-state index contributed by atoms with van der Waals surface area (Å²) in [6.07, 6.45) is 10.5. The second kappa shape index (κ2) is 8.83. The van der Waals surface area contributed by atoms with Crippen molar-refractivity contribution >= 4 is 5.97 Å². The van der Waals surface area contributed by atoms with Gasteiger partial charge in [-0.1, -0.05) is 32.1 Å². The maximum atomic E-state index is 12.3. The molecule has 144 valence electrons. The van der Waals surface area contributed by atoms with Crippen molar-refractivity contribution < 1.29 is 9.53 Å². The molecule has 0 spiro atoms.